The van der Waals surface area contributed by atoms with Gasteiger partial charge in [0.25, 0.3) is 0 Å². The maximum absolute atomic E-state index is 9.50. The molecule has 136 valence electrons. The van der Waals surface area contributed by atoms with Crippen LogP contribution in [-0.2, 0) is 15.9 Å². The lowest BCUT2D eigenvalue weighted by Gasteiger charge is -2.16. The van der Waals surface area contributed by atoms with Crippen molar-refractivity contribution in [2.24, 2.45) is 10.9 Å². The molecule has 0 fully saturated rings. The molecule has 0 radical (unpaired) electrons. The predicted molar refractivity (Wildman–Crippen MR) is 96.7 cm³/mol. The highest BCUT2D eigenvalue weighted by molar-refractivity contribution is 5.66. The quantitative estimate of drug-likeness (QED) is 0.380. The highest BCUT2D eigenvalue weighted by atomic mass is 16.7. The summed E-state index contributed by atoms with van der Waals surface area (Å²) in [6, 6.07) is 4.79. The summed E-state index contributed by atoms with van der Waals surface area (Å²) in [6.45, 7) is 7.94. The normalized spacial score (nSPS) is 12.9. The smallest absolute Gasteiger partial charge is 0.383 e. The van der Waals surface area contributed by atoms with Crippen LogP contribution >= 0.6 is 0 Å². The number of phenols is 2. The van der Waals surface area contributed by atoms with Gasteiger partial charge in [-0.3, -0.25) is 0 Å². The molecule has 0 aliphatic carbocycles. The van der Waals surface area contributed by atoms with Gasteiger partial charge in [0.2, 0.25) is 0 Å². The third-order valence-electron chi connectivity index (χ3n) is 3.93. The summed E-state index contributed by atoms with van der Waals surface area (Å²) >= 11 is 0. The van der Waals surface area contributed by atoms with Crippen LogP contribution in [0.15, 0.2) is 23.2 Å². The topological polar surface area (TPSA) is 71.3 Å². The fourth-order valence-corrected chi connectivity index (χ4v) is 2.34. The van der Waals surface area contributed by atoms with Crippen LogP contribution < -0.4 is 0 Å². The average Bonchev–Trinajstić information content (AvgIpc) is 2.58. The van der Waals surface area contributed by atoms with Gasteiger partial charge in [0, 0.05) is 0 Å². The molecule has 24 heavy (non-hydrogen) atoms. The molecule has 0 saturated carbocycles. The number of hydrogen-bond donors (Lipinski definition) is 2. The van der Waals surface area contributed by atoms with Crippen LogP contribution in [0.3, 0.4) is 0 Å². The first kappa shape index (κ1) is 20.1. The Hall–Kier alpha value is -1.91. The van der Waals surface area contributed by atoms with Crippen molar-refractivity contribution in [1.29, 1.82) is 0 Å². The zero-order valence-corrected chi connectivity index (χ0v) is 15.1. The van der Waals surface area contributed by atoms with E-state index in [9.17, 15) is 10.2 Å². The number of benzene rings is 1. The van der Waals surface area contributed by atoms with Crippen LogP contribution in [0.25, 0.3) is 0 Å². The van der Waals surface area contributed by atoms with Gasteiger partial charge in [-0.05, 0) is 43.4 Å². The lowest BCUT2D eigenvalue weighted by molar-refractivity contribution is 0.139. The van der Waals surface area contributed by atoms with Gasteiger partial charge in [-0.15, -0.1) is 0 Å². The van der Waals surface area contributed by atoms with E-state index < -0.39 is 0 Å². The lowest BCUT2D eigenvalue weighted by atomic mass is 10.0. The molecule has 2 N–H and O–H groups in total. The maximum Gasteiger partial charge on any atom is 0.383 e. The Labute approximate surface area is 145 Å². The minimum absolute atomic E-state index is 0.112. The molecule has 0 aliphatic rings. The predicted octanol–water partition coefficient (Wildman–Crippen LogP) is 4.27. The monoisotopic (exact) mass is 337 g/mol. The fraction of sp³-hybridized carbons (Fsp3) is 0.632. The Morgan fingerprint density at radius 2 is 1.92 bits per heavy atom. The summed E-state index contributed by atoms with van der Waals surface area (Å²) in [5.41, 5.74) is 0.902. The molecular weight excluding hydrogens is 306 g/mol. The van der Waals surface area contributed by atoms with E-state index in [2.05, 4.69) is 18.8 Å². The highest BCUT2D eigenvalue weighted by Crippen LogP contribution is 2.25. The van der Waals surface area contributed by atoms with Gasteiger partial charge in [-0.25, -0.2) is 4.99 Å². The van der Waals surface area contributed by atoms with Gasteiger partial charge in [0.15, 0.2) is 11.5 Å². The van der Waals surface area contributed by atoms with Gasteiger partial charge < -0.3 is 19.7 Å². The molecular formula is C19H31NO4. The number of phenolic OH excluding ortho intramolecular Hbond substituents is 2. The molecule has 0 aliphatic heterocycles. The molecule has 1 atom stereocenters. The highest BCUT2D eigenvalue weighted by Gasteiger charge is 2.09. The molecule has 0 heterocycles. The van der Waals surface area contributed by atoms with E-state index in [0.29, 0.717) is 38.2 Å². The van der Waals surface area contributed by atoms with Crippen molar-refractivity contribution in [3.63, 3.8) is 0 Å². The third kappa shape index (κ3) is 7.57. The molecule has 1 aromatic carbocycles. The molecule has 5 heteroatoms. The number of ether oxygens (including phenoxy) is 2. The summed E-state index contributed by atoms with van der Waals surface area (Å²) in [5, 5.41) is 18.8. The minimum Gasteiger partial charge on any atom is -0.504 e. The molecule has 0 spiro atoms. The summed E-state index contributed by atoms with van der Waals surface area (Å²) in [7, 11) is 0. The van der Waals surface area contributed by atoms with E-state index in [1.165, 1.54) is 25.3 Å². The lowest BCUT2D eigenvalue weighted by Crippen LogP contribution is -2.17. The molecule has 0 aromatic heterocycles. The Morgan fingerprint density at radius 3 is 2.54 bits per heavy atom. The summed E-state index contributed by atoms with van der Waals surface area (Å²) in [5.74, 6) is 0.308. The number of aliphatic imine (C=N–C) groups is 1. The van der Waals surface area contributed by atoms with Crippen molar-refractivity contribution in [3.05, 3.63) is 23.8 Å². The van der Waals surface area contributed by atoms with E-state index in [1.54, 1.807) is 12.1 Å². The average molecular weight is 337 g/mol. The van der Waals surface area contributed by atoms with Crippen molar-refractivity contribution >= 4 is 6.08 Å². The number of rotatable bonds is 10. The van der Waals surface area contributed by atoms with Gasteiger partial charge >= 0.3 is 6.08 Å². The van der Waals surface area contributed by atoms with Crippen LogP contribution in [0.4, 0.5) is 0 Å². The van der Waals surface area contributed by atoms with Crippen LogP contribution in [0.2, 0.25) is 0 Å². The van der Waals surface area contributed by atoms with Crippen molar-refractivity contribution in [2.45, 2.75) is 52.9 Å². The van der Waals surface area contributed by atoms with E-state index >= 15 is 0 Å². The van der Waals surface area contributed by atoms with Crippen molar-refractivity contribution in [3.8, 4) is 11.5 Å². The third-order valence-corrected chi connectivity index (χ3v) is 3.93. The molecule has 1 aromatic rings. The largest absolute Gasteiger partial charge is 0.504 e. The minimum atomic E-state index is -0.113. The Morgan fingerprint density at radius 1 is 1.12 bits per heavy atom. The second-order valence-electron chi connectivity index (χ2n) is 5.88. The zero-order chi connectivity index (χ0) is 17.8. The number of hydrogen-bond acceptors (Lipinski definition) is 5. The zero-order valence-electron chi connectivity index (χ0n) is 15.1. The van der Waals surface area contributed by atoms with Crippen molar-refractivity contribution < 1.29 is 19.7 Å². The Bertz CT molecular complexity index is 502. The van der Waals surface area contributed by atoms with Gasteiger partial charge in [0.05, 0.1) is 19.8 Å². The number of nitrogens with zero attached hydrogens (tertiary/aromatic N) is 1. The fourth-order valence-electron chi connectivity index (χ4n) is 2.34. The number of aromatic hydroxyl groups is 2. The summed E-state index contributed by atoms with van der Waals surface area (Å²) < 4.78 is 11.2. The van der Waals surface area contributed by atoms with Crippen LogP contribution in [0.5, 0.6) is 11.5 Å². The van der Waals surface area contributed by atoms with E-state index in [0.717, 1.165) is 12.0 Å². The molecule has 0 saturated heterocycles. The van der Waals surface area contributed by atoms with E-state index in [-0.39, 0.29) is 11.5 Å². The standard InChI is InChI=1S/C19H31NO4/c1-4-7-8-15(5-2)14-24-19(23-6-3)20-12-11-16-9-10-17(21)18(22)13-16/h9-10,13,15,21-22H,4-8,11-12,14H2,1-3H3. The Balaban J connectivity index is 2.50. The SMILES string of the molecule is CCCCC(CC)COC(=NCCc1ccc(O)c(O)c1)OCC. The molecule has 1 rings (SSSR count). The van der Waals surface area contributed by atoms with Crippen molar-refractivity contribution in [2.75, 3.05) is 19.8 Å². The first-order valence-electron chi connectivity index (χ1n) is 8.91. The maximum atomic E-state index is 9.50. The first-order valence-corrected chi connectivity index (χ1v) is 8.91. The van der Waals surface area contributed by atoms with E-state index in [4.69, 9.17) is 9.47 Å². The van der Waals surface area contributed by atoms with Crippen LogP contribution in [0.1, 0.15) is 52.0 Å². The molecule has 1 unspecified atom stereocenters. The molecule has 0 bridgehead atoms. The van der Waals surface area contributed by atoms with Crippen molar-refractivity contribution in [1.82, 2.24) is 0 Å². The van der Waals surface area contributed by atoms with Gasteiger partial charge in [-0.2, -0.15) is 0 Å². The second-order valence-corrected chi connectivity index (χ2v) is 5.88. The molecule has 0 amide bonds. The Kier molecular flexibility index (Phi) is 9.73. The van der Waals surface area contributed by atoms with Gasteiger partial charge in [-0.1, -0.05) is 39.2 Å². The second kappa shape index (κ2) is 11.6. The van der Waals surface area contributed by atoms with Crippen LogP contribution in [-0.4, -0.2) is 36.1 Å². The first-order chi connectivity index (χ1) is 11.6. The van der Waals surface area contributed by atoms with Gasteiger partial charge in [0.1, 0.15) is 0 Å². The summed E-state index contributed by atoms with van der Waals surface area (Å²) in [4.78, 5) is 4.38. The summed E-state index contributed by atoms with van der Waals surface area (Å²) in [6.07, 6.45) is 5.65. The van der Waals surface area contributed by atoms with Crippen LogP contribution in [0, 0.1) is 5.92 Å². The van der Waals surface area contributed by atoms with E-state index in [1.807, 2.05) is 6.92 Å². The molecule has 5 nitrogen and oxygen atoms in total. The number of unbranched alkanes of at least 4 members (excludes halogenated alkanes) is 1.